The highest BCUT2D eigenvalue weighted by Crippen LogP contribution is 2.61. The quantitative estimate of drug-likeness (QED) is 0.386. The number of methoxy groups -OCH3 is 1. The fraction of sp³-hybridized carbons (Fsp3) is 0.355. The lowest BCUT2D eigenvalue weighted by Crippen LogP contribution is -2.53. The minimum Gasteiger partial charge on any atom is -0.360 e. The molecule has 2 bridgehead atoms. The number of benzene rings is 3. The molecule has 2 saturated heterocycles. The number of ether oxygens (including phenoxy) is 5. The molecule has 0 amide bonds. The van der Waals surface area contributed by atoms with Gasteiger partial charge in [-0.25, -0.2) is 4.39 Å². The largest absolute Gasteiger partial charge is 0.360 e. The molecule has 0 aromatic heterocycles. The van der Waals surface area contributed by atoms with Crippen LogP contribution in [0.3, 0.4) is 0 Å². The Bertz CT molecular complexity index is 1170. The van der Waals surface area contributed by atoms with Crippen molar-refractivity contribution in [3.63, 3.8) is 0 Å². The molecule has 0 N–H and O–H groups in total. The summed E-state index contributed by atoms with van der Waals surface area (Å²) in [6, 6.07) is 30.3. The van der Waals surface area contributed by atoms with Crippen LogP contribution in [0, 0.1) is 5.41 Å². The molecule has 37 heavy (non-hydrogen) atoms. The van der Waals surface area contributed by atoms with Gasteiger partial charge in [0.1, 0.15) is 23.9 Å². The first kappa shape index (κ1) is 24.5. The zero-order valence-corrected chi connectivity index (χ0v) is 21.2. The van der Waals surface area contributed by atoms with Crippen LogP contribution in [-0.4, -0.2) is 44.1 Å². The summed E-state index contributed by atoms with van der Waals surface area (Å²) in [4.78, 5) is 0. The Hall–Kier alpha value is -2.87. The Morgan fingerprint density at radius 1 is 0.838 bits per heavy atom. The first-order chi connectivity index (χ1) is 18.0. The third-order valence-electron chi connectivity index (χ3n) is 7.87. The van der Waals surface area contributed by atoms with Crippen molar-refractivity contribution in [2.75, 3.05) is 13.7 Å². The lowest BCUT2D eigenvalue weighted by molar-refractivity contribution is -0.238. The third kappa shape index (κ3) is 3.62. The Balaban J connectivity index is 1.52. The molecular weight excluding hydrogens is 471 g/mol. The van der Waals surface area contributed by atoms with Crippen LogP contribution in [-0.2, 0) is 29.3 Å². The molecule has 192 valence electrons. The van der Waals surface area contributed by atoms with Crippen LogP contribution in [0.1, 0.15) is 30.5 Å². The predicted octanol–water partition coefficient (Wildman–Crippen LogP) is 5.74. The van der Waals surface area contributed by atoms with Gasteiger partial charge in [0.25, 0.3) is 0 Å². The summed E-state index contributed by atoms with van der Waals surface area (Å²) in [7, 11) is 1.57. The second-order valence-electron chi connectivity index (χ2n) is 10.3. The Kier molecular flexibility index (Phi) is 6.05. The summed E-state index contributed by atoms with van der Waals surface area (Å²) in [5.74, 6) is -0.831. The SMILES string of the molecule is CO[C@H]1O[C@H]2/C(=C\F)[C@]1(COC(c1ccccc1)(c1ccccc1)c1ccccc1)[C@H]1OC(C)(C)O[C@@H]21. The molecule has 1 saturated carbocycles. The van der Waals surface area contributed by atoms with Crippen LogP contribution < -0.4 is 0 Å². The van der Waals surface area contributed by atoms with Crippen LogP contribution in [0.4, 0.5) is 4.39 Å². The number of fused-ring (bicyclic) bond motifs is 5. The van der Waals surface area contributed by atoms with E-state index in [2.05, 4.69) is 36.4 Å². The topological polar surface area (TPSA) is 46.2 Å². The summed E-state index contributed by atoms with van der Waals surface area (Å²) in [5.41, 5.74) is 1.31. The van der Waals surface area contributed by atoms with E-state index in [1.807, 2.05) is 68.4 Å². The van der Waals surface area contributed by atoms with E-state index in [0.29, 0.717) is 11.9 Å². The van der Waals surface area contributed by atoms with Crippen molar-refractivity contribution in [1.82, 2.24) is 0 Å². The molecular formula is C31H31FO5. The van der Waals surface area contributed by atoms with Crippen LogP contribution in [0.25, 0.3) is 0 Å². The first-order valence-electron chi connectivity index (χ1n) is 12.6. The molecule has 5 nitrogen and oxygen atoms in total. The second kappa shape index (κ2) is 9.15. The van der Waals surface area contributed by atoms with Gasteiger partial charge in [-0.15, -0.1) is 0 Å². The van der Waals surface area contributed by atoms with Gasteiger partial charge in [-0.3, -0.25) is 0 Å². The fourth-order valence-corrected chi connectivity index (χ4v) is 6.35. The normalized spacial score (nSPS) is 31.1. The summed E-state index contributed by atoms with van der Waals surface area (Å²) in [6.45, 7) is 3.81. The lowest BCUT2D eigenvalue weighted by Gasteiger charge is -2.43. The van der Waals surface area contributed by atoms with Crippen LogP contribution in [0.2, 0.25) is 0 Å². The molecule has 1 aliphatic carbocycles. The standard InChI is InChI=1S/C31H31FO5/c1-29(2)36-26-25-24(19-32)30(27(26)37-29,28(33-3)35-25)20-34-31(21-13-7-4-8-14-21,22-15-9-5-10-16-22)23-17-11-6-12-18-23/h4-19,25-28H,20H2,1-3H3/b24-19+/t25-,26-,27-,28-,30+/m0/s1. The molecule has 3 aromatic rings. The van der Waals surface area contributed by atoms with Crippen molar-refractivity contribution >= 4 is 0 Å². The van der Waals surface area contributed by atoms with Gasteiger partial charge in [0, 0.05) is 12.7 Å². The summed E-state index contributed by atoms with van der Waals surface area (Å²) >= 11 is 0. The zero-order chi connectivity index (χ0) is 25.7. The summed E-state index contributed by atoms with van der Waals surface area (Å²) in [6.07, 6.45) is -1.68. The minimum absolute atomic E-state index is 0.0804. The van der Waals surface area contributed by atoms with E-state index in [1.54, 1.807) is 7.11 Å². The minimum atomic E-state index is -1.03. The monoisotopic (exact) mass is 502 g/mol. The highest BCUT2D eigenvalue weighted by molar-refractivity contribution is 5.48. The molecule has 0 radical (unpaired) electrons. The number of hydrogen-bond acceptors (Lipinski definition) is 5. The lowest BCUT2D eigenvalue weighted by atomic mass is 9.78. The van der Waals surface area contributed by atoms with Crippen LogP contribution in [0.15, 0.2) is 103 Å². The highest BCUT2D eigenvalue weighted by atomic mass is 19.1. The number of rotatable bonds is 7. The van der Waals surface area contributed by atoms with Gasteiger partial charge in [0.15, 0.2) is 12.1 Å². The second-order valence-corrected chi connectivity index (χ2v) is 10.3. The maximum Gasteiger partial charge on any atom is 0.172 e. The van der Waals surface area contributed by atoms with Crippen molar-refractivity contribution < 1.29 is 28.1 Å². The maximum absolute atomic E-state index is 14.6. The molecule has 3 aromatic carbocycles. The molecule has 2 aliphatic heterocycles. The Morgan fingerprint density at radius 3 is 1.81 bits per heavy atom. The van der Waals surface area contributed by atoms with E-state index in [9.17, 15) is 4.39 Å². The molecule has 0 spiro atoms. The molecule has 0 unspecified atom stereocenters. The average Bonchev–Trinajstić information content (AvgIpc) is 3.52. The molecule has 6 heteroatoms. The van der Waals surface area contributed by atoms with Crippen LogP contribution >= 0.6 is 0 Å². The van der Waals surface area contributed by atoms with Crippen molar-refractivity contribution in [2.24, 2.45) is 5.41 Å². The summed E-state index contributed by atoms with van der Waals surface area (Å²) in [5, 5.41) is 0. The molecule has 3 aliphatic rings. The molecule has 3 fully saturated rings. The van der Waals surface area contributed by atoms with Gasteiger partial charge in [-0.1, -0.05) is 91.0 Å². The van der Waals surface area contributed by atoms with E-state index < -0.39 is 41.4 Å². The fourth-order valence-electron chi connectivity index (χ4n) is 6.35. The smallest absolute Gasteiger partial charge is 0.172 e. The third-order valence-corrected chi connectivity index (χ3v) is 7.87. The Labute approximate surface area is 216 Å². The number of hydrogen-bond donors (Lipinski definition) is 0. The van der Waals surface area contributed by atoms with E-state index in [-0.39, 0.29) is 6.61 Å². The van der Waals surface area contributed by atoms with Gasteiger partial charge in [0.05, 0.1) is 18.4 Å². The average molecular weight is 503 g/mol. The van der Waals surface area contributed by atoms with Gasteiger partial charge in [0.2, 0.25) is 0 Å². The van der Waals surface area contributed by atoms with Crippen molar-refractivity contribution in [3.8, 4) is 0 Å². The summed E-state index contributed by atoms with van der Waals surface area (Å²) < 4.78 is 46.3. The Morgan fingerprint density at radius 2 is 1.35 bits per heavy atom. The van der Waals surface area contributed by atoms with E-state index >= 15 is 0 Å². The molecule has 5 atom stereocenters. The van der Waals surface area contributed by atoms with Crippen molar-refractivity contribution in [2.45, 2.75) is 49.8 Å². The first-order valence-corrected chi connectivity index (χ1v) is 12.6. The van der Waals surface area contributed by atoms with E-state index in [1.165, 1.54) is 0 Å². The van der Waals surface area contributed by atoms with E-state index in [4.69, 9.17) is 23.7 Å². The predicted molar refractivity (Wildman–Crippen MR) is 136 cm³/mol. The van der Waals surface area contributed by atoms with Crippen LogP contribution in [0.5, 0.6) is 0 Å². The molecule has 2 heterocycles. The van der Waals surface area contributed by atoms with Gasteiger partial charge >= 0.3 is 0 Å². The highest BCUT2D eigenvalue weighted by Gasteiger charge is 2.74. The maximum atomic E-state index is 14.6. The van der Waals surface area contributed by atoms with Crippen molar-refractivity contribution in [1.29, 1.82) is 0 Å². The molecule has 6 rings (SSSR count). The van der Waals surface area contributed by atoms with Gasteiger partial charge in [-0.2, -0.15) is 0 Å². The van der Waals surface area contributed by atoms with E-state index in [0.717, 1.165) is 16.7 Å². The van der Waals surface area contributed by atoms with Crippen molar-refractivity contribution in [3.05, 3.63) is 120 Å². The van der Waals surface area contributed by atoms with Gasteiger partial charge in [-0.05, 0) is 30.5 Å². The zero-order valence-electron chi connectivity index (χ0n) is 21.2. The van der Waals surface area contributed by atoms with Gasteiger partial charge < -0.3 is 23.7 Å². The number of halogens is 1.